The summed E-state index contributed by atoms with van der Waals surface area (Å²) in [5, 5.41) is 12.5. The van der Waals surface area contributed by atoms with E-state index >= 15 is 0 Å². The van der Waals surface area contributed by atoms with Gasteiger partial charge in [-0.2, -0.15) is 0 Å². The first-order valence-electron chi connectivity index (χ1n) is 6.94. The van der Waals surface area contributed by atoms with E-state index in [0.717, 1.165) is 19.6 Å². The van der Waals surface area contributed by atoms with E-state index in [2.05, 4.69) is 42.3 Å². The molecule has 0 aromatic heterocycles. The van der Waals surface area contributed by atoms with Crippen molar-refractivity contribution in [2.24, 2.45) is 0 Å². The predicted molar refractivity (Wildman–Crippen MR) is 76.0 cm³/mol. The van der Waals surface area contributed by atoms with Crippen molar-refractivity contribution < 1.29 is 5.11 Å². The maximum absolute atomic E-state index is 9.18. The molecule has 1 aromatic rings. The first kappa shape index (κ1) is 13.4. The van der Waals surface area contributed by atoms with Crippen LogP contribution in [0, 0.1) is 6.92 Å². The van der Waals surface area contributed by atoms with E-state index in [1.165, 1.54) is 29.7 Å². The highest BCUT2D eigenvalue weighted by molar-refractivity contribution is 5.56. The van der Waals surface area contributed by atoms with Gasteiger partial charge in [0.1, 0.15) is 0 Å². The summed E-state index contributed by atoms with van der Waals surface area (Å²) in [4.78, 5) is 2.35. The third kappa shape index (κ3) is 3.24. The van der Waals surface area contributed by atoms with Crippen molar-refractivity contribution in [1.29, 1.82) is 0 Å². The van der Waals surface area contributed by atoms with Crippen LogP contribution in [0.1, 0.15) is 30.9 Å². The Morgan fingerprint density at radius 3 is 2.72 bits per heavy atom. The summed E-state index contributed by atoms with van der Waals surface area (Å²) in [5.74, 6) is 0. The minimum atomic E-state index is 0.231. The van der Waals surface area contributed by atoms with E-state index in [-0.39, 0.29) is 6.61 Å². The lowest BCUT2D eigenvalue weighted by Gasteiger charge is -2.26. The van der Waals surface area contributed by atoms with Crippen molar-refractivity contribution in [3.05, 3.63) is 29.3 Å². The molecule has 1 aromatic carbocycles. The third-order valence-corrected chi connectivity index (χ3v) is 3.48. The van der Waals surface area contributed by atoms with E-state index in [1.54, 1.807) is 0 Å². The number of rotatable bonds is 7. The minimum absolute atomic E-state index is 0.231. The molecule has 2 rings (SSSR count). The predicted octanol–water partition coefficient (Wildman–Crippen LogP) is 2.07. The average molecular weight is 248 g/mol. The molecule has 0 saturated heterocycles. The first-order chi connectivity index (χ1) is 8.76. The molecule has 1 aliphatic rings. The van der Waals surface area contributed by atoms with Crippen molar-refractivity contribution in [1.82, 2.24) is 5.32 Å². The second-order valence-corrected chi connectivity index (χ2v) is 5.05. The monoisotopic (exact) mass is 248 g/mol. The number of benzene rings is 1. The summed E-state index contributed by atoms with van der Waals surface area (Å²) < 4.78 is 0. The van der Waals surface area contributed by atoms with Crippen LogP contribution in [0.4, 0.5) is 5.69 Å². The van der Waals surface area contributed by atoms with E-state index < -0.39 is 0 Å². The van der Waals surface area contributed by atoms with Crippen molar-refractivity contribution in [2.75, 3.05) is 24.6 Å². The summed E-state index contributed by atoms with van der Waals surface area (Å²) in [6, 6.07) is 7.30. The third-order valence-electron chi connectivity index (χ3n) is 3.48. The van der Waals surface area contributed by atoms with Crippen molar-refractivity contribution in [3.63, 3.8) is 0 Å². The highest BCUT2D eigenvalue weighted by Gasteiger charge is 2.29. The van der Waals surface area contributed by atoms with Crippen LogP contribution in [0.25, 0.3) is 0 Å². The maximum atomic E-state index is 9.18. The molecule has 0 radical (unpaired) electrons. The molecule has 3 heteroatoms. The summed E-state index contributed by atoms with van der Waals surface area (Å²) in [5.41, 5.74) is 3.93. The quantitative estimate of drug-likeness (QED) is 0.775. The molecule has 1 fully saturated rings. The van der Waals surface area contributed by atoms with Crippen molar-refractivity contribution in [2.45, 2.75) is 39.3 Å². The molecule has 0 heterocycles. The Hall–Kier alpha value is -1.06. The van der Waals surface area contributed by atoms with Gasteiger partial charge in [0.25, 0.3) is 0 Å². The zero-order valence-corrected chi connectivity index (χ0v) is 11.4. The van der Waals surface area contributed by atoms with Gasteiger partial charge in [-0.3, -0.25) is 0 Å². The zero-order chi connectivity index (χ0) is 13.0. The zero-order valence-electron chi connectivity index (χ0n) is 11.4. The Bertz CT molecular complexity index is 388. The fourth-order valence-corrected chi connectivity index (χ4v) is 2.41. The molecule has 100 valence electrons. The number of hydrogen-bond donors (Lipinski definition) is 2. The molecule has 0 atom stereocenters. The van der Waals surface area contributed by atoms with E-state index in [1.807, 2.05) is 0 Å². The van der Waals surface area contributed by atoms with Crippen LogP contribution in [0.15, 0.2) is 18.2 Å². The number of hydrogen-bond acceptors (Lipinski definition) is 3. The summed E-state index contributed by atoms with van der Waals surface area (Å²) >= 11 is 0. The van der Waals surface area contributed by atoms with E-state index in [4.69, 9.17) is 0 Å². The molecule has 0 bridgehead atoms. The molecular weight excluding hydrogens is 224 g/mol. The molecule has 2 N–H and O–H groups in total. The van der Waals surface area contributed by atoms with Crippen LogP contribution < -0.4 is 10.2 Å². The molecule has 0 unspecified atom stereocenters. The van der Waals surface area contributed by atoms with E-state index in [0.29, 0.717) is 6.04 Å². The Balaban J connectivity index is 2.11. The molecule has 0 amide bonds. The van der Waals surface area contributed by atoms with Gasteiger partial charge in [-0.25, -0.2) is 0 Å². The Morgan fingerprint density at radius 2 is 2.17 bits per heavy atom. The smallest absolute Gasteiger partial charge is 0.0606 e. The maximum Gasteiger partial charge on any atom is 0.0606 e. The molecule has 1 aliphatic carbocycles. The summed E-state index contributed by atoms with van der Waals surface area (Å²) in [7, 11) is 0. The van der Waals surface area contributed by atoms with Gasteiger partial charge in [0, 0.05) is 24.8 Å². The van der Waals surface area contributed by atoms with Crippen LogP contribution in [0.2, 0.25) is 0 Å². The Morgan fingerprint density at radius 1 is 1.39 bits per heavy atom. The summed E-state index contributed by atoms with van der Waals surface area (Å²) in [6.07, 6.45) is 2.52. The van der Waals surface area contributed by atoms with Gasteiger partial charge in [0.2, 0.25) is 0 Å². The molecular formula is C15H24N2O. The summed E-state index contributed by atoms with van der Waals surface area (Å²) in [6.45, 7) is 7.20. The van der Waals surface area contributed by atoms with Gasteiger partial charge in [0.15, 0.2) is 0 Å². The van der Waals surface area contributed by atoms with Crippen LogP contribution >= 0.6 is 0 Å². The fraction of sp³-hybridized carbons (Fsp3) is 0.600. The number of nitrogens with zero attached hydrogens (tertiary/aromatic N) is 1. The lowest BCUT2D eigenvalue weighted by Crippen LogP contribution is -2.29. The lowest BCUT2D eigenvalue weighted by molar-refractivity contribution is 0.301. The van der Waals surface area contributed by atoms with Crippen molar-refractivity contribution >= 4 is 5.69 Å². The second kappa shape index (κ2) is 6.21. The van der Waals surface area contributed by atoms with Crippen molar-refractivity contribution in [3.8, 4) is 0 Å². The van der Waals surface area contributed by atoms with Crippen LogP contribution in [-0.2, 0) is 6.54 Å². The average Bonchev–Trinajstić information content (AvgIpc) is 3.18. The topological polar surface area (TPSA) is 35.5 Å². The van der Waals surface area contributed by atoms with E-state index in [9.17, 15) is 5.11 Å². The van der Waals surface area contributed by atoms with Crippen LogP contribution in [0.5, 0.6) is 0 Å². The molecule has 18 heavy (non-hydrogen) atoms. The molecule has 1 saturated carbocycles. The lowest BCUT2D eigenvalue weighted by atomic mass is 10.1. The Labute approximate surface area is 110 Å². The van der Waals surface area contributed by atoms with Gasteiger partial charge < -0.3 is 15.3 Å². The number of anilines is 1. The highest BCUT2D eigenvalue weighted by atomic mass is 16.3. The molecule has 0 spiro atoms. The number of nitrogens with one attached hydrogen (secondary N) is 1. The van der Waals surface area contributed by atoms with Crippen LogP contribution in [-0.4, -0.2) is 30.8 Å². The SMILES string of the molecule is CCNCc1ccc(N(CCO)C2CC2)c(C)c1. The van der Waals surface area contributed by atoms with Gasteiger partial charge in [0.05, 0.1) is 6.61 Å². The fourth-order valence-electron chi connectivity index (χ4n) is 2.41. The largest absolute Gasteiger partial charge is 0.395 e. The minimum Gasteiger partial charge on any atom is -0.395 e. The first-order valence-corrected chi connectivity index (χ1v) is 6.94. The van der Waals surface area contributed by atoms with Gasteiger partial charge >= 0.3 is 0 Å². The second-order valence-electron chi connectivity index (χ2n) is 5.05. The number of aryl methyl sites for hydroxylation is 1. The molecule has 3 nitrogen and oxygen atoms in total. The number of aliphatic hydroxyl groups is 1. The Kier molecular flexibility index (Phi) is 4.61. The van der Waals surface area contributed by atoms with Crippen LogP contribution in [0.3, 0.4) is 0 Å². The van der Waals surface area contributed by atoms with Gasteiger partial charge in [-0.1, -0.05) is 19.1 Å². The van der Waals surface area contributed by atoms with Gasteiger partial charge in [-0.05, 0) is 43.5 Å². The standard InChI is InChI=1S/C15H24N2O/c1-3-16-11-13-4-7-15(12(2)10-13)17(8-9-18)14-5-6-14/h4,7,10,14,16,18H,3,5-6,8-9,11H2,1-2H3. The highest BCUT2D eigenvalue weighted by Crippen LogP contribution is 2.33. The normalized spacial score (nSPS) is 14.8. The van der Waals surface area contributed by atoms with Gasteiger partial charge in [-0.15, -0.1) is 0 Å². The number of aliphatic hydroxyl groups excluding tert-OH is 1. The molecule has 0 aliphatic heterocycles.